The largest absolute Gasteiger partial charge is 0.554 e. The average molecular weight is 265 g/mol. The molecule has 0 aliphatic heterocycles. The molecule has 0 radical (unpaired) electrons. The molecule has 0 aliphatic rings. The molecule has 0 spiro atoms. The average Bonchev–Trinajstić information content (AvgIpc) is 2.44. The fourth-order valence-corrected chi connectivity index (χ4v) is 2.01. The lowest BCUT2D eigenvalue weighted by Crippen LogP contribution is -2.32. The van der Waals surface area contributed by atoms with Crippen LogP contribution in [0.3, 0.4) is 0 Å². The Balaban J connectivity index is 0.000000982. The van der Waals surface area contributed by atoms with Gasteiger partial charge in [-0.1, -0.05) is 51.5 Å². The molecule has 0 fully saturated rings. The van der Waals surface area contributed by atoms with Gasteiger partial charge in [-0.3, -0.25) is 0 Å². The highest BCUT2D eigenvalue weighted by atomic mass is 16.3. The number of aromatic nitrogens is 1. The molecule has 0 N–H and O–H groups in total. The summed E-state index contributed by atoms with van der Waals surface area (Å²) in [6.45, 7) is 2.95. The van der Waals surface area contributed by atoms with Gasteiger partial charge < -0.3 is 9.90 Å². The van der Waals surface area contributed by atoms with Gasteiger partial charge in [-0.05, 0) is 6.42 Å². The molecule has 0 atom stereocenters. The highest BCUT2D eigenvalue weighted by Crippen LogP contribution is 2.08. The zero-order valence-electron chi connectivity index (χ0n) is 12.1. The Hall–Kier alpha value is -1.38. The smallest absolute Gasteiger partial charge is 0.168 e. The van der Waals surface area contributed by atoms with Crippen LogP contribution < -0.4 is 9.67 Å². The van der Waals surface area contributed by atoms with Crippen LogP contribution in [0.15, 0.2) is 30.6 Å². The predicted octanol–water partition coefficient (Wildman–Crippen LogP) is 2.48. The summed E-state index contributed by atoms with van der Waals surface area (Å²) in [7, 11) is 0. The van der Waals surface area contributed by atoms with Gasteiger partial charge in [0.1, 0.15) is 6.54 Å². The molecule has 0 aliphatic carbocycles. The lowest BCUT2D eigenvalue weighted by molar-refractivity contribution is -0.697. The molecule has 1 aromatic rings. The summed E-state index contributed by atoms with van der Waals surface area (Å²) in [5.41, 5.74) is 0. The van der Waals surface area contributed by atoms with E-state index in [2.05, 4.69) is 42.1 Å². The Labute approximate surface area is 117 Å². The Bertz CT molecular complexity index is 288. The number of rotatable bonds is 9. The van der Waals surface area contributed by atoms with E-state index in [4.69, 9.17) is 9.90 Å². The molecule has 19 heavy (non-hydrogen) atoms. The van der Waals surface area contributed by atoms with E-state index in [9.17, 15) is 0 Å². The number of hydrogen-bond donors (Lipinski definition) is 0. The van der Waals surface area contributed by atoms with Gasteiger partial charge in [0.2, 0.25) is 0 Å². The van der Waals surface area contributed by atoms with Crippen molar-refractivity contribution in [3.8, 4) is 0 Å². The summed E-state index contributed by atoms with van der Waals surface area (Å²) < 4.78 is 2.27. The quantitative estimate of drug-likeness (QED) is 0.391. The topological polar surface area (TPSA) is 44.0 Å². The van der Waals surface area contributed by atoms with E-state index in [0.29, 0.717) is 0 Å². The molecule has 0 aromatic carbocycles. The number of unbranched alkanes of at least 4 members (excludes halogenated alkanes) is 7. The first kappa shape index (κ1) is 17.6. The van der Waals surface area contributed by atoms with Crippen LogP contribution in [0.2, 0.25) is 0 Å². The molecule has 3 heteroatoms. The van der Waals surface area contributed by atoms with Crippen molar-refractivity contribution in [2.45, 2.75) is 64.8 Å². The fraction of sp³-hybridized carbons (Fsp3) is 0.625. The molecule has 108 valence electrons. The fourth-order valence-electron chi connectivity index (χ4n) is 2.01. The van der Waals surface area contributed by atoms with Crippen LogP contribution in [0.4, 0.5) is 0 Å². The van der Waals surface area contributed by atoms with Crippen molar-refractivity contribution in [1.82, 2.24) is 0 Å². The van der Waals surface area contributed by atoms with Crippen molar-refractivity contribution in [1.29, 1.82) is 0 Å². The number of pyridine rings is 1. The van der Waals surface area contributed by atoms with Crippen LogP contribution in [0.5, 0.6) is 0 Å². The number of carboxylic acid groups (broad SMARTS) is 1. The minimum absolute atomic E-state index is 0.500. The van der Waals surface area contributed by atoms with Gasteiger partial charge in [-0.2, -0.15) is 0 Å². The second-order valence-electron chi connectivity index (χ2n) is 4.68. The molecule has 0 amide bonds. The minimum atomic E-state index is -0.500. The summed E-state index contributed by atoms with van der Waals surface area (Å²) in [4.78, 5) is 8.25. The van der Waals surface area contributed by atoms with Crippen LogP contribution in [0.1, 0.15) is 58.3 Å². The molecule has 0 saturated heterocycles. The minimum Gasteiger partial charge on any atom is -0.554 e. The normalized spacial score (nSPS) is 9.53. The van der Waals surface area contributed by atoms with E-state index < -0.39 is 6.47 Å². The number of carbonyl (C=O) groups is 1. The van der Waals surface area contributed by atoms with Crippen molar-refractivity contribution in [3.63, 3.8) is 0 Å². The molecule has 1 heterocycles. The molecule has 0 unspecified atom stereocenters. The molecular formula is C16H27NO2. The van der Waals surface area contributed by atoms with E-state index in [1.165, 1.54) is 57.9 Å². The van der Waals surface area contributed by atoms with Gasteiger partial charge in [0.25, 0.3) is 0 Å². The first-order valence-electron chi connectivity index (χ1n) is 7.34. The predicted molar refractivity (Wildman–Crippen MR) is 75.3 cm³/mol. The molecule has 3 nitrogen and oxygen atoms in total. The third kappa shape index (κ3) is 12.9. The zero-order valence-corrected chi connectivity index (χ0v) is 12.1. The molecule has 0 bridgehead atoms. The van der Waals surface area contributed by atoms with Crippen molar-refractivity contribution in [2.24, 2.45) is 0 Å². The van der Waals surface area contributed by atoms with E-state index >= 15 is 0 Å². The zero-order chi connectivity index (χ0) is 14.2. The van der Waals surface area contributed by atoms with Crippen molar-refractivity contribution >= 4 is 6.47 Å². The van der Waals surface area contributed by atoms with Gasteiger partial charge in [0.05, 0.1) is 0 Å². The van der Waals surface area contributed by atoms with Gasteiger partial charge in [-0.25, -0.2) is 4.57 Å². The lowest BCUT2D eigenvalue weighted by Gasteiger charge is -2.00. The van der Waals surface area contributed by atoms with Crippen LogP contribution >= 0.6 is 0 Å². The Morgan fingerprint density at radius 2 is 1.37 bits per heavy atom. The highest BCUT2D eigenvalue weighted by molar-refractivity contribution is 5.29. The lowest BCUT2D eigenvalue weighted by atomic mass is 10.1. The second-order valence-corrected chi connectivity index (χ2v) is 4.68. The Morgan fingerprint density at radius 1 is 0.895 bits per heavy atom. The van der Waals surface area contributed by atoms with E-state index in [0.717, 1.165) is 0 Å². The van der Waals surface area contributed by atoms with Crippen LogP contribution in [-0.2, 0) is 11.3 Å². The maximum absolute atomic E-state index is 8.25. The third-order valence-corrected chi connectivity index (χ3v) is 3.05. The maximum atomic E-state index is 8.25. The van der Waals surface area contributed by atoms with Crippen molar-refractivity contribution in [3.05, 3.63) is 30.6 Å². The van der Waals surface area contributed by atoms with E-state index in [1.807, 2.05) is 0 Å². The first-order chi connectivity index (χ1) is 9.35. The number of hydrogen-bond acceptors (Lipinski definition) is 2. The van der Waals surface area contributed by atoms with Gasteiger partial charge >= 0.3 is 0 Å². The summed E-state index contributed by atoms with van der Waals surface area (Å²) in [5.74, 6) is 0. The van der Waals surface area contributed by atoms with Crippen LogP contribution in [0.25, 0.3) is 0 Å². The first-order valence-corrected chi connectivity index (χ1v) is 7.34. The monoisotopic (exact) mass is 265 g/mol. The van der Waals surface area contributed by atoms with Crippen LogP contribution in [-0.4, -0.2) is 6.47 Å². The molecule has 1 aromatic heterocycles. The van der Waals surface area contributed by atoms with Crippen molar-refractivity contribution < 1.29 is 14.5 Å². The summed E-state index contributed by atoms with van der Waals surface area (Å²) in [6, 6.07) is 6.28. The molecule has 1 rings (SSSR count). The summed E-state index contributed by atoms with van der Waals surface area (Å²) in [5, 5.41) is 8.25. The Morgan fingerprint density at radius 3 is 1.89 bits per heavy atom. The molecular weight excluding hydrogens is 238 g/mol. The second kappa shape index (κ2) is 14.7. The van der Waals surface area contributed by atoms with E-state index in [1.54, 1.807) is 0 Å². The maximum Gasteiger partial charge on any atom is 0.168 e. The SMILES string of the molecule is CCCCCCCCCC[n+]1ccccc1.O=C[O-]. The highest BCUT2D eigenvalue weighted by Gasteiger charge is 1.97. The van der Waals surface area contributed by atoms with Gasteiger partial charge in [0.15, 0.2) is 12.4 Å². The van der Waals surface area contributed by atoms with Crippen LogP contribution in [0, 0.1) is 0 Å². The number of carbonyl (C=O) groups excluding carboxylic acids is 1. The standard InChI is InChI=1S/C15H26N.CH2O2/c1-2-3-4-5-6-7-8-10-13-16-14-11-9-12-15-16;2-1-3/h9,11-12,14-15H,2-8,10,13H2,1H3;1H,(H,2,3)/q+1;/p-1. The number of aryl methyl sites for hydroxylation is 1. The number of nitrogens with zero attached hydrogens (tertiary/aromatic N) is 1. The van der Waals surface area contributed by atoms with Gasteiger partial charge in [-0.15, -0.1) is 0 Å². The third-order valence-electron chi connectivity index (χ3n) is 3.05. The molecule has 0 saturated carbocycles. The summed E-state index contributed by atoms with van der Waals surface area (Å²) in [6.07, 6.45) is 15.5. The Kier molecular flexibility index (Phi) is 13.6. The van der Waals surface area contributed by atoms with E-state index in [-0.39, 0.29) is 0 Å². The van der Waals surface area contributed by atoms with Gasteiger partial charge in [0, 0.05) is 25.0 Å². The van der Waals surface area contributed by atoms with Crippen molar-refractivity contribution in [2.75, 3.05) is 0 Å². The summed E-state index contributed by atoms with van der Waals surface area (Å²) >= 11 is 0.